The molecule has 0 saturated heterocycles. The van der Waals surface area contributed by atoms with Crippen LogP contribution >= 0.6 is 12.4 Å². The molecular formula is C19H20ClF3N2O3. The van der Waals surface area contributed by atoms with E-state index in [0.29, 0.717) is 11.3 Å². The molecule has 0 spiro atoms. The van der Waals surface area contributed by atoms with Gasteiger partial charge in [-0.2, -0.15) is 13.2 Å². The number of hydrogen-bond donors (Lipinski definition) is 2. The van der Waals surface area contributed by atoms with Crippen LogP contribution in [0.2, 0.25) is 0 Å². The van der Waals surface area contributed by atoms with E-state index in [0.717, 1.165) is 12.1 Å². The monoisotopic (exact) mass is 416 g/mol. The van der Waals surface area contributed by atoms with Crippen LogP contribution in [-0.4, -0.2) is 17.8 Å². The van der Waals surface area contributed by atoms with Crippen molar-refractivity contribution >= 4 is 29.8 Å². The third-order valence-corrected chi connectivity index (χ3v) is 3.75. The van der Waals surface area contributed by atoms with Gasteiger partial charge in [0.1, 0.15) is 5.75 Å². The number of amides is 1. The number of halogens is 4. The Balaban J connectivity index is 0.00000392. The highest BCUT2D eigenvalue weighted by Gasteiger charge is 2.31. The summed E-state index contributed by atoms with van der Waals surface area (Å²) in [5.41, 5.74) is 5.17. The number of Topliss-reactive ketones (excluding diaryl/α,β-unsaturated/α-hetero) is 1. The van der Waals surface area contributed by atoms with Gasteiger partial charge < -0.3 is 15.8 Å². The van der Waals surface area contributed by atoms with Crippen LogP contribution in [0.1, 0.15) is 35.3 Å². The normalized spacial score (nSPS) is 11.9. The molecule has 2 rings (SSSR count). The number of ether oxygens (including phenoxy) is 1. The van der Waals surface area contributed by atoms with Gasteiger partial charge in [-0.1, -0.05) is 12.1 Å². The lowest BCUT2D eigenvalue weighted by Crippen LogP contribution is -2.30. The number of nitrogens with one attached hydrogen (secondary N) is 1. The zero-order valence-electron chi connectivity index (χ0n) is 15.2. The number of ketones is 1. The van der Waals surface area contributed by atoms with E-state index < -0.39 is 23.8 Å². The maximum atomic E-state index is 13.0. The predicted molar refractivity (Wildman–Crippen MR) is 102 cm³/mol. The molecule has 28 heavy (non-hydrogen) atoms. The second kappa shape index (κ2) is 9.57. The molecule has 0 aromatic heterocycles. The Kier molecular flexibility index (Phi) is 8.01. The lowest BCUT2D eigenvalue weighted by molar-refractivity contribution is -0.137. The van der Waals surface area contributed by atoms with Crippen molar-refractivity contribution in [2.45, 2.75) is 32.7 Å². The molecule has 152 valence electrons. The zero-order chi connectivity index (χ0) is 20.2. The van der Waals surface area contributed by atoms with Crippen molar-refractivity contribution in [1.82, 2.24) is 0 Å². The smallest absolute Gasteiger partial charge is 0.416 e. The van der Waals surface area contributed by atoms with E-state index in [1.165, 1.54) is 26.0 Å². The molecule has 0 fully saturated rings. The second-order valence-corrected chi connectivity index (χ2v) is 5.95. The molecule has 0 aliphatic carbocycles. The Morgan fingerprint density at radius 3 is 2.43 bits per heavy atom. The van der Waals surface area contributed by atoms with Crippen molar-refractivity contribution in [2.24, 2.45) is 5.73 Å². The number of nitrogens with two attached hydrogens (primary N) is 1. The summed E-state index contributed by atoms with van der Waals surface area (Å²) in [6.07, 6.45) is -5.55. The zero-order valence-corrected chi connectivity index (χ0v) is 16.0. The number of rotatable bonds is 6. The van der Waals surface area contributed by atoms with E-state index in [4.69, 9.17) is 10.5 Å². The number of benzene rings is 2. The van der Waals surface area contributed by atoms with Gasteiger partial charge in [0, 0.05) is 17.8 Å². The van der Waals surface area contributed by atoms with Crippen molar-refractivity contribution in [2.75, 3.05) is 5.32 Å². The molecule has 2 aromatic rings. The number of carbonyl (C=O) groups excluding carboxylic acids is 2. The average Bonchev–Trinajstić information content (AvgIpc) is 2.60. The lowest BCUT2D eigenvalue weighted by atomic mass is 10.1. The van der Waals surface area contributed by atoms with Crippen LogP contribution in [0.15, 0.2) is 42.5 Å². The molecule has 5 nitrogen and oxygen atoms in total. The van der Waals surface area contributed by atoms with Gasteiger partial charge in [-0.25, -0.2) is 0 Å². The van der Waals surface area contributed by atoms with Crippen LogP contribution in [0.3, 0.4) is 0 Å². The highest BCUT2D eigenvalue weighted by molar-refractivity contribution is 5.95. The first kappa shape index (κ1) is 23.5. The molecule has 0 aliphatic heterocycles. The van der Waals surface area contributed by atoms with E-state index in [2.05, 4.69) is 5.32 Å². The Labute approximate surface area is 166 Å². The van der Waals surface area contributed by atoms with E-state index in [1.807, 2.05) is 0 Å². The molecule has 3 N–H and O–H groups in total. The van der Waals surface area contributed by atoms with Gasteiger partial charge in [0.25, 0.3) is 5.91 Å². The summed E-state index contributed by atoms with van der Waals surface area (Å²) < 4.78 is 44.4. The number of alkyl halides is 3. The van der Waals surface area contributed by atoms with Crippen molar-refractivity contribution < 1.29 is 27.5 Å². The number of carbonyl (C=O) groups is 2. The van der Waals surface area contributed by atoms with Crippen molar-refractivity contribution in [3.05, 3.63) is 59.2 Å². The van der Waals surface area contributed by atoms with Gasteiger partial charge in [0.2, 0.25) is 0 Å². The lowest BCUT2D eigenvalue weighted by Gasteiger charge is -2.17. The second-order valence-electron chi connectivity index (χ2n) is 5.95. The van der Waals surface area contributed by atoms with Crippen molar-refractivity contribution in [1.29, 1.82) is 0 Å². The number of anilines is 1. The molecule has 9 heteroatoms. The first-order valence-corrected chi connectivity index (χ1v) is 8.10. The SMILES string of the molecule is CC(=O)c1cccc(OC(C)C(=O)Nc2cc(CN)cc(C(F)(F)F)c2)c1.Cl. The maximum absolute atomic E-state index is 13.0. The molecule has 0 bridgehead atoms. The van der Waals surface area contributed by atoms with E-state index in [-0.39, 0.29) is 36.0 Å². The third-order valence-electron chi connectivity index (χ3n) is 3.75. The quantitative estimate of drug-likeness (QED) is 0.692. The Morgan fingerprint density at radius 2 is 1.86 bits per heavy atom. The summed E-state index contributed by atoms with van der Waals surface area (Å²) in [5, 5.41) is 2.40. The van der Waals surface area contributed by atoms with Crippen LogP contribution in [-0.2, 0) is 17.5 Å². The van der Waals surface area contributed by atoms with Gasteiger partial charge in [-0.15, -0.1) is 12.4 Å². The molecule has 0 saturated carbocycles. The maximum Gasteiger partial charge on any atom is 0.416 e. The molecule has 0 heterocycles. The van der Waals surface area contributed by atoms with E-state index in [9.17, 15) is 22.8 Å². The number of hydrogen-bond acceptors (Lipinski definition) is 4. The summed E-state index contributed by atoms with van der Waals surface area (Å²) in [5.74, 6) is -0.488. The summed E-state index contributed by atoms with van der Waals surface area (Å²) in [7, 11) is 0. The minimum absolute atomic E-state index is 0. The van der Waals surface area contributed by atoms with Gasteiger partial charge in [0.05, 0.1) is 5.56 Å². The van der Waals surface area contributed by atoms with Crippen LogP contribution in [0.4, 0.5) is 18.9 Å². The Morgan fingerprint density at radius 1 is 1.18 bits per heavy atom. The Hall–Kier alpha value is -2.58. The molecule has 1 atom stereocenters. The highest BCUT2D eigenvalue weighted by atomic mass is 35.5. The van der Waals surface area contributed by atoms with Crippen molar-refractivity contribution in [3.8, 4) is 5.75 Å². The fourth-order valence-corrected chi connectivity index (χ4v) is 2.34. The largest absolute Gasteiger partial charge is 0.481 e. The third kappa shape index (κ3) is 6.24. The predicted octanol–water partition coefficient (Wildman–Crippen LogP) is 4.19. The van der Waals surface area contributed by atoms with Gasteiger partial charge in [-0.05, 0) is 49.7 Å². The minimum atomic E-state index is -4.56. The fraction of sp³-hybridized carbons (Fsp3) is 0.263. The minimum Gasteiger partial charge on any atom is -0.481 e. The molecule has 2 aromatic carbocycles. The summed E-state index contributed by atoms with van der Waals surface area (Å²) >= 11 is 0. The Bertz CT molecular complexity index is 857. The van der Waals surface area contributed by atoms with Crippen LogP contribution in [0, 0.1) is 0 Å². The van der Waals surface area contributed by atoms with Crippen LogP contribution in [0.25, 0.3) is 0 Å². The van der Waals surface area contributed by atoms with Gasteiger partial charge in [0.15, 0.2) is 11.9 Å². The first-order valence-electron chi connectivity index (χ1n) is 8.10. The van der Waals surface area contributed by atoms with E-state index in [1.54, 1.807) is 18.2 Å². The molecule has 1 unspecified atom stereocenters. The standard InChI is InChI=1S/C19H19F3N2O3.ClH/c1-11(25)14-4-3-5-17(8-14)27-12(2)18(26)24-16-7-13(10-23)6-15(9-16)19(20,21)22;/h3-9,12H,10,23H2,1-2H3,(H,24,26);1H. The molecular weight excluding hydrogens is 397 g/mol. The molecule has 0 radical (unpaired) electrons. The summed E-state index contributed by atoms with van der Waals surface area (Å²) in [6, 6.07) is 9.42. The van der Waals surface area contributed by atoms with Crippen LogP contribution < -0.4 is 15.8 Å². The first-order chi connectivity index (χ1) is 12.6. The van der Waals surface area contributed by atoms with E-state index >= 15 is 0 Å². The topological polar surface area (TPSA) is 81.4 Å². The fourth-order valence-electron chi connectivity index (χ4n) is 2.34. The highest BCUT2D eigenvalue weighted by Crippen LogP contribution is 2.32. The van der Waals surface area contributed by atoms with Crippen molar-refractivity contribution in [3.63, 3.8) is 0 Å². The van der Waals surface area contributed by atoms with Gasteiger partial charge in [-0.3, -0.25) is 9.59 Å². The molecule has 1 amide bonds. The summed E-state index contributed by atoms with van der Waals surface area (Å²) in [4.78, 5) is 23.7. The molecule has 0 aliphatic rings. The van der Waals surface area contributed by atoms with Gasteiger partial charge >= 0.3 is 6.18 Å². The summed E-state index contributed by atoms with van der Waals surface area (Å²) in [6.45, 7) is 2.75. The average molecular weight is 417 g/mol. The van der Waals surface area contributed by atoms with Crippen LogP contribution in [0.5, 0.6) is 5.75 Å².